The van der Waals surface area contributed by atoms with Crippen molar-refractivity contribution in [2.24, 2.45) is 0 Å². The molecule has 0 saturated carbocycles. The molecule has 0 saturated heterocycles. The van der Waals surface area contributed by atoms with Crippen molar-refractivity contribution in [1.29, 1.82) is 0 Å². The molecule has 0 radical (unpaired) electrons. The maximum atomic E-state index is 12.5. The number of fused-ring (bicyclic) bond motifs is 1. The minimum atomic E-state index is -0.444. The number of rotatable bonds is 4. The second-order valence-electron chi connectivity index (χ2n) is 4.82. The van der Waals surface area contributed by atoms with Crippen LogP contribution in [-0.4, -0.2) is 22.1 Å². The molecule has 1 aromatic carbocycles. The summed E-state index contributed by atoms with van der Waals surface area (Å²) in [7, 11) is 0. The molecule has 0 atom stereocenters. The summed E-state index contributed by atoms with van der Waals surface area (Å²) < 4.78 is 7.68. The largest absolute Gasteiger partial charge is 0.465 e. The third-order valence-corrected chi connectivity index (χ3v) is 4.79. The van der Waals surface area contributed by atoms with Crippen molar-refractivity contribution < 1.29 is 9.53 Å². The summed E-state index contributed by atoms with van der Waals surface area (Å²) in [6.45, 7) is 1.89. The van der Waals surface area contributed by atoms with Crippen LogP contribution in [-0.2, 0) is 16.1 Å². The quantitative estimate of drug-likeness (QED) is 0.637. The predicted molar refractivity (Wildman–Crippen MR) is 93.6 cm³/mol. The summed E-state index contributed by atoms with van der Waals surface area (Å²) in [6, 6.07) is 7.83. The standard InChI is InChI=1S/C16H13BrN2O3S/c1-2-22-13(20)7-19-9-18-14-12(8-23-15(14)16(19)21)10-3-5-11(17)6-4-10/h3-6,8-9H,2,7H2,1H3. The number of ether oxygens (including phenoxy) is 1. The van der Waals surface area contributed by atoms with Crippen molar-refractivity contribution >= 4 is 43.5 Å². The SMILES string of the molecule is CCOC(=O)Cn1cnc2c(-c3ccc(Br)cc3)csc2c1=O. The van der Waals surface area contributed by atoms with Crippen LogP contribution < -0.4 is 5.56 Å². The van der Waals surface area contributed by atoms with Gasteiger partial charge in [0.1, 0.15) is 11.2 Å². The highest BCUT2D eigenvalue weighted by molar-refractivity contribution is 9.10. The minimum Gasteiger partial charge on any atom is -0.465 e. The molecule has 0 bridgehead atoms. The van der Waals surface area contributed by atoms with Crippen molar-refractivity contribution in [2.45, 2.75) is 13.5 Å². The molecule has 0 fully saturated rings. The molecular weight excluding hydrogens is 380 g/mol. The lowest BCUT2D eigenvalue weighted by molar-refractivity contribution is -0.143. The van der Waals surface area contributed by atoms with E-state index in [1.165, 1.54) is 22.2 Å². The van der Waals surface area contributed by atoms with Crippen LogP contribution in [0.5, 0.6) is 0 Å². The van der Waals surface area contributed by atoms with Crippen molar-refractivity contribution in [1.82, 2.24) is 9.55 Å². The Morgan fingerprint density at radius 3 is 2.78 bits per heavy atom. The van der Waals surface area contributed by atoms with E-state index in [4.69, 9.17) is 4.74 Å². The molecule has 23 heavy (non-hydrogen) atoms. The van der Waals surface area contributed by atoms with E-state index in [0.29, 0.717) is 10.2 Å². The number of halogens is 1. The number of nitrogens with zero attached hydrogens (tertiary/aromatic N) is 2. The summed E-state index contributed by atoms with van der Waals surface area (Å²) in [5.74, 6) is -0.444. The maximum absolute atomic E-state index is 12.5. The lowest BCUT2D eigenvalue weighted by Crippen LogP contribution is -2.25. The second-order valence-corrected chi connectivity index (χ2v) is 6.61. The van der Waals surface area contributed by atoms with E-state index in [0.717, 1.165) is 15.6 Å². The van der Waals surface area contributed by atoms with E-state index >= 15 is 0 Å². The van der Waals surface area contributed by atoms with Gasteiger partial charge in [0.15, 0.2) is 0 Å². The Balaban J connectivity index is 2.02. The summed E-state index contributed by atoms with van der Waals surface area (Å²) in [5, 5.41) is 1.91. The van der Waals surface area contributed by atoms with Crippen molar-refractivity contribution in [3.63, 3.8) is 0 Å². The van der Waals surface area contributed by atoms with Gasteiger partial charge in [-0.15, -0.1) is 11.3 Å². The number of carbonyl (C=O) groups is 1. The highest BCUT2D eigenvalue weighted by atomic mass is 79.9. The normalized spacial score (nSPS) is 10.9. The van der Waals surface area contributed by atoms with Gasteiger partial charge >= 0.3 is 5.97 Å². The number of aromatic nitrogens is 2. The Kier molecular flexibility index (Phi) is 4.58. The molecule has 0 amide bonds. The molecule has 0 spiro atoms. The zero-order valence-electron chi connectivity index (χ0n) is 12.3. The zero-order valence-corrected chi connectivity index (χ0v) is 14.7. The van der Waals surface area contributed by atoms with Crippen LogP contribution in [0.15, 0.2) is 45.2 Å². The third kappa shape index (κ3) is 3.20. The van der Waals surface area contributed by atoms with Crippen LogP contribution in [0.1, 0.15) is 6.92 Å². The van der Waals surface area contributed by atoms with Gasteiger partial charge in [-0.05, 0) is 24.6 Å². The smallest absolute Gasteiger partial charge is 0.326 e. The Bertz CT molecular complexity index is 915. The predicted octanol–water partition coefficient (Wildman–Crippen LogP) is 3.45. The number of benzene rings is 1. The fourth-order valence-electron chi connectivity index (χ4n) is 2.23. The Hall–Kier alpha value is -1.99. The molecule has 0 unspecified atom stereocenters. The Morgan fingerprint density at radius 1 is 1.35 bits per heavy atom. The topological polar surface area (TPSA) is 61.2 Å². The van der Waals surface area contributed by atoms with E-state index in [1.54, 1.807) is 6.92 Å². The maximum Gasteiger partial charge on any atom is 0.326 e. The lowest BCUT2D eigenvalue weighted by atomic mass is 10.1. The van der Waals surface area contributed by atoms with Gasteiger partial charge in [-0.3, -0.25) is 14.2 Å². The highest BCUT2D eigenvalue weighted by Gasteiger charge is 2.14. The Morgan fingerprint density at radius 2 is 2.09 bits per heavy atom. The van der Waals surface area contributed by atoms with Crippen LogP contribution in [0, 0.1) is 0 Å². The van der Waals surface area contributed by atoms with E-state index in [2.05, 4.69) is 20.9 Å². The molecule has 0 aliphatic heterocycles. The first-order chi connectivity index (χ1) is 11.1. The molecule has 0 aliphatic rings. The summed E-state index contributed by atoms with van der Waals surface area (Å²) in [4.78, 5) is 28.4. The van der Waals surface area contributed by atoms with Gasteiger partial charge in [0.2, 0.25) is 0 Å². The van der Waals surface area contributed by atoms with Gasteiger partial charge in [0, 0.05) is 15.4 Å². The molecule has 2 aromatic heterocycles. The number of hydrogen-bond acceptors (Lipinski definition) is 5. The van der Waals surface area contributed by atoms with Crippen LogP contribution >= 0.6 is 27.3 Å². The number of carbonyl (C=O) groups excluding carboxylic acids is 1. The lowest BCUT2D eigenvalue weighted by Gasteiger charge is -2.05. The second kappa shape index (κ2) is 6.64. The van der Waals surface area contributed by atoms with Crippen LogP contribution in [0.3, 0.4) is 0 Å². The monoisotopic (exact) mass is 392 g/mol. The van der Waals surface area contributed by atoms with Gasteiger partial charge in [0.25, 0.3) is 5.56 Å². The van der Waals surface area contributed by atoms with Crippen LogP contribution in [0.2, 0.25) is 0 Å². The number of thiophene rings is 1. The highest BCUT2D eigenvalue weighted by Crippen LogP contribution is 2.31. The van der Waals surface area contributed by atoms with E-state index < -0.39 is 5.97 Å². The fourth-order valence-corrected chi connectivity index (χ4v) is 3.47. The van der Waals surface area contributed by atoms with E-state index in [1.807, 2.05) is 29.6 Å². The molecule has 3 aromatic rings. The van der Waals surface area contributed by atoms with Gasteiger partial charge < -0.3 is 4.74 Å². The summed E-state index contributed by atoms with van der Waals surface area (Å²) in [5.41, 5.74) is 2.34. The third-order valence-electron chi connectivity index (χ3n) is 3.31. The first-order valence-corrected chi connectivity index (χ1v) is 8.65. The van der Waals surface area contributed by atoms with Gasteiger partial charge in [-0.2, -0.15) is 0 Å². The Labute approximate surface area is 144 Å². The van der Waals surface area contributed by atoms with Crippen molar-refractivity contribution in [3.05, 3.63) is 50.8 Å². The first-order valence-electron chi connectivity index (χ1n) is 6.98. The summed E-state index contributed by atoms with van der Waals surface area (Å²) in [6.07, 6.45) is 1.40. The summed E-state index contributed by atoms with van der Waals surface area (Å²) >= 11 is 4.74. The minimum absolute atomic E-state index is 0.124. The molecule has 0 aliphatic carbocycles. The molecule has 3 rings (SSSR count). The first kappa shape index (κ1) is 15.9. The molecular formula is C16H13BrN2O3S. The molecule has 7 heteroatoms. The molecule has 5 nitrogen and oxygen atoms in total. The molecule has 118 valence electrons. The average Bonchev–Trinajstić information content (AvgIpc) is 2.96. The number of hydrogen-bond donors (Lipinski definition) is 0. The molecule has 2 heterocycles. The zero-order chi connectivity index (χ0) is 16.4. The van der Waals surface area contributed by atoms with Gasteiger partial charge in [0.05, 0.1) is 18.5 Å². The van der Waals surface area contributed by atoms with Crippen LogP contribution in [0.4, 0.5) is 0 Å². The molecule has 0 N–H and O–H groups in total. The van der Waals surface area contributed by atoms with Gasteiger partial charge in [-0.25, -0.2) is 4.98 Å². The fraction of sp³-hybridized carbons (Fsp3) is 0.188. The van der Waals surface area contributed by atoms with Gasteiger partial charge in [-0.1, -0.05) is 28.1 Å². The number of esters is 1. The average molecular weight is 393 g/mol. The van der Waals surface area contributed by atoms with E-state index in [9.17, 15) is 9.59 Å². The van der Waals surface area contributed by atoms with E-state index in [-0.39, 0.29) is 18.7 Å². The van der Waals surface area contributed by atoms with Crippen LogP contribution in [0.25, 0.3) is 21.3 Å². The van der Waals surface area contributed by atoms with Crippen molar-refractivity contribution in [3.8, 4) is 11.1 Å². The van der Waals surface area contributed by atoms with Crippen molar-refractivity contribution in [2.75, 3.05) is 6.61 Å².